The molecule has 1 aliphatic heterocycles. The molecule has 0 spiro atoms. The van der Waals surface area contributed by atoms with Crippen LogP contribution >= 0.6 is 0 Å². The lowest BCUT2D eigenvalue weighted by atomic mass is 10.1. The SMILES string of the molecule is CCC=NC1=C(NCCC)NC(c2ccc(OCc3ccccc3)c(C(=O)OC)c2)N1. The van der Waals surface area contributed by atoms with Crippen molar-refractivity contribution in [3.8, 4) is 5.75 Å². The van der Waals surface area contributed by atoms with E-state index in [2.05, 4.69) is 27.9 Å². The van der Waals surface area contributed by atoms with Crippen molar-refractivity contribution in [1.29, 1.82) is 0 Å². The minimum atomic E-state index is -0.440. The number of methoxy groups -OCH3 is 1. The molecule has 0 saturated heterocycles. The number of hydrogen-bond donors (Lipinski definition) is 3. The Bertz CT molecular complexity index is 941. The molecule has 0 radical (unpaired) electrons. The first-order chi connectivity index (χ1) is 15.2. The summed E-state index contributed by atoms with van der Waals surface area (Å²) in [6.45, 7) is 5.35. The van der Waals surface area contributed by atoms with Crippen molar-refractivity contribution in [1.82, 2.24) is 16.0 Å². The van der Waals surface area contributed by atoms with Crippen LogP contribution < -0.4 is 20.7 Å². The molecular weight excluding hydrogens is 392 g/mol. The molecule has 2 aromatic rings. The third-order valence-corrected chi connectivity index (χ3v) is 4.74. The van der Waals surface area contributed by atoms with E-state index in [4.69, 9.17) is 9.47 Å². The highest BCUT2D eigenvalue weighted by molar-refractivity contribution is 5.92. The summed E-state index contributed by atoms with van der Waals surface area (Å²) in [5, 5.41) is 10.2. The number of ether oxygens (including phenoxy) is 2. The van der Waals surface area contributed by atoms with E-state index in [1.807, 2.05) is 49.5 Å². The van der Waals surface area contributed by atoms with Crippen LogP contribution in [0.3, 0.4) is 0 Å². The van der Waals surface area contributed by atoms with Crippen molar-refractivity contribution in [3.63, 3.8) is 0 Å². The van der Waals surface area contributed by atoms with E-state index < -0.39 is 5.97 Å². The largest absolute Gasteiger partial charge is 0.488 e. The smallest absolute Gasteiger partial charge is 0.341 e. The van der Waals surface area contributed by atoms with Crippen LogP contribution in [0.15, 0.2) is 65.2 Å². The van der Waals surface area contributed by atoms with Gasteiger partial charge in [0.1, 0.15) is 29.9 Å². The molecule has 0 bridgehead atoms. The first-order valence-electron chi connectivity index (χ1n) is 10.6. The van der Waals surface area contributed by atoms with Gasteiger partial charge in [-0.3, -0.25) is 0 Å². The van der Waals surface area contributed by atoms with E-state index in [-0.39, 0.29) is 6.17 Å². The first kappa shape index (κ1) is 22.2. The summed E-state index contributed by atoms with van der Waals surface area (Å²) in [5.41, 5.74) is 2.29. The highest BCUT2D eigenvalue weighted by Gasteiger charge is 2.25. The number of aliphatic imine (C=N–C) groups is 1. The summed E-state index contributed by atoms with van der Waals surface area (Å²) in [7, 11) is 1.37. The van der Waals surface area contributed by atoms with Crippen molar-refractivity contribution in [2.24, 2.45) is 4.99 Å². The molecule has 1 heterocycles. The Hall–Kier alpha value is -3.48. The van der Waals surface area contributed by atoms with Gasteiger partial charge in [-0.15, -0.1) is 0 Å². The number of rotatable bonds is 10. The maximum absolute atomic E-state index is 12.4. The fraction of sp³-hybridized carbons (Fsp3) is 0.333. The van der Waals surface area contributed by atoms with E-state index in [1.165, 1.54) is 7.11 Å². The van der Waals surface area contributed by atoms with Crippen LogP contribution in [0.4, 0.5) is 0 Å². The number of carbonyl (C=O) groups excluding carboxylic acids is 1. The molecule has 0 saturated carbocycles. The van der Waals surface area contributed by atoms with Gasteiger partial charge in [0.25, 0.3) is 0 Å². The first-order valence-corrected chi connectivity index (χ1v) is 10.6. The molecule has 3 rings (SSSR count). The summed E-state index contributed by atoms with van der Waals surface area (Å²) < 4.78 is 10.9. The highest BCUT2D eigenvalue weighted by atomic mass is 16.5. The van der Waals surface area contributed by atoms with E-state index in [9.17, 15) is 4.79 Å². The van der Waals surface area contributed by atoms with E-state index >= 15 is 0 Å². The summed E-state index contributed by atoms with van der Waals surface area (Å²) in [4.78, 5) is 16.9. The molecule has 0 aliphatic carbocycles. The molecule has 0 amide bonds. The fourth-order valence-corrected chi connectivity index (χ4v) is 3.15. The Labute approximate surface area is 183 Å². The topological polar surface area (TPSA) is 84.0 Å². The minimum absolute atomic E-state index is 0.227. The molecule has 7 heteroatoms. The maximum atomic E-state index is 12.4. The third-order valence-electron chi connectivity index (χ3n) is 4.74. The van der Waals surface area contributed by atoms with Crippen LogP contribution in [0.25, 0.3) is 0 Å². The lowest BCUT2D eigenvalue weighted by molar-refractivity contribution is 0.0595. The maximum Gasteiger partial charge on any atom is 0.341 e. The minimum Gasteiger partial charge on any atom is -0.488 e. The van der Waals surface area contributed by atoms with Crippen LogP contribution in [0, 0.1) is 0 Å². The summed E-state index contributed by atoms with van der Waals surface area (Å²) in [6, 6.07) is 15.4. The molecule has 0 fully saturated rings. The van der Waals surface area contributed by atoms with Crippen LogP contribution in [-0.2, 0) is 11.3 Å². The molecule has 0 aromatic heterocycles. The molecular formula is C24H30N4O3. The number of esters is 1. The van der Waals surface area contributed by atoms with Crippen molar-refractivity contribution in [3.05, 3.63) is 76.9 Å². The Balaban J connectivity index is 1.80. The van der Waals surface area contributed by atoms with Gasteiger partial charge in [-0.25, -0.2) is 9.79 Å². The Morgan fingerprint density at radius 2 is 1.97 bits per heavy atom. The van der Waals surface area contributed by atoms with Gasteiger partial charge in [-0.1, -0.05) is 50.2 Å². The molecule has 1 aliphatic rings. The standard InChI is InChI=1S/C24H30N4O3/c1-4-13-25-22-23(26-14-5-2)28-21(27-22)18-11-12-20(19(15-18)24(29)30-3)31-16-17-9-7-6-8-10-17/h6-13,15,21,26-28H,4-5,14,16H2,1-3H3. The van der Waals surface area contributed by atoms with Crippen molar-refractivity contribution < 1.29 is 14.3 Å². The molecule has 164 valence electrons. The molecule has 3 N–H and O–H groups in total. The van der Waals surface area contributed by atoms with Gasteiger partial charge in [0.15, 0.2) is 5.82 Å². The number of benzene rings is 2. The average molecular weight is 423 g/mol. The van der Waals surface area contributed by atoms with Crippen molar-refractivity contribution >= 4 is 12.2 Å². The van der Waals surface area contributed by atoms with Gasteiger partial charge >= 0.3 is 5.97 Å². The number of carbonyl (C=O) groups is 1. The average Bonchev–Trinajstić information content (AvgIpc) is 3.23. The van der Waals surface area contributed by atoms with Crippen LogP contribution in [-0.4, -0.2) is 25.8 Å². The predicted molar refractivity (Wildman–Crippen MR) is 122 cm³/mol. The van der Waals surface area contributed by atoms with Gasteiger partial charge < -0.3 is 25.4 Å². The summed E-state index contributed by atoms with van der Waals surface area (Å²) in [5.74, 6) is 1.65. The third kappa shape index (κ3) is 5.78. The second-order valence-corrected chi connectivity index (χ2v) is 7.11. The predicted octanol–water partition coefficient (Wildman–Crippen LogP) is 3.85. The normalized spacial score (nSPS) is 15.5. The molecule has 2 aromatic carbocycles. The Morgan fingerprint density at radius 3 is 2.68 bits per heavy atom. The quantitative estimate of drug-likeness (QED) is 0.398. The number of nitrogens with zero attached hydrogens (tertiary/aromatic N) is 1. The Morgan fingerprint density at radius 1 is 1.16 bits per heavy atom. The van der Waals surface area contributed by atoms with Gasteiger partial charge in [0.2, 0.25) is 0 Å². The second-order valence-electron chi connectivity index (χ2n) is 7.11. The molecule has 31 heavy (non-hydrogen) atoms. The lowest BCUT2D eigenvalue weighted by Gasteiger charge is -2.17. The zero-order valence-electron chi connectivity index (χ0n) is 18.3. The monoisotopic (exact) mass is 422 g/mol. The van der Waals surface area contributed by atoms with Gasteiger partial charge in [-0.2, -0.15) is 0 Å². The number of hydrogen-bond acceptors (Lipinski definition) is 7. The van der Waals surface area contributed by atoms with E-state index in [0.717, 1.165) is 42.2 Å². The molecule has 1 unspecified atom stereocenters. The fourth-order valence-electron chi connectivity index (χ4n) is 3.15. The zero-order chi connectivity index (χ0) is 22.1. The van der Waals surface area contributed by atoms with E-state index in [1.54, 1.807) is 12.1 Å². The zero-order valence-corrected chi connectivity index (χ0v) is 18.3. The lowest BCUT2D eigenvalue weighted by Crippen LogP contribution is -2.28. The van der Waals surface area contributed by atoms with Crippen LogP contribution in [0.1, 0.15) is 54.3 Å². The van der Waals surface area contributed by atoms with E-state index in [0.29, 0.717) is 17.9 Å². The van der Waals surface area contributed by atoms with Gasteiger partial charge in [0, 0.05) is 12.8 Å². The molecule has 7 nitrogen and oxygen atoms in total. The summed E-state index contributed by atoms with van der Waals surface area (Å²) in [6.07, 6.45) is 3.48. The second kappa shape index (κ2) is 11.1. The highest BCUT2D eigenvalue weighted by Crippen LogP contribution is 2.27. The summed E-state index contributed by atoms with van der Waals surface area (Å²) >= 11 is 0. The van der Waals surface area contributed by atoms with Crippen LogP contribution in [0.5, 0.6) is 5.75 Å². The van der Waals surface area contributed by atoms with Crippen molar-refractivity contribution in [2.75, 3.05) is 13.7 Å². The Kier molecular flexibility index (Phi) is 7.92. The van der Waals surface area contributed by atoms with Gasteiger partial charge in [0.05, 0.1) is 7.11 Å². The van der Waals surface area contributed by atoms with Gasteiger partial charge in [-0.05, 0) is 36.1 Å². The molecule has 1 atom stereocenters. The van der Waals surface area contributed by atoms with Crippen molar-refractivity contribution in [2.45, 2.75) is 39.5 Å². The number of nitrogens with one attached hydrogen (secondary N) is 3. The van der Waals surface area contributed by atoms with Crippen LogP contribution in [0.2, 0.25) is 0 Å².